The summed E-state index contributed by atoms with van der Waals surface area (Å²) in [5.41, 5.74) is 1.25. The number of carbonyl (C=O) groups is 1. The van der Waals surface area contributed by atoms with Crippen LogP contribution in [0.4, 0.5) is 0 Å². The van der Waals surface area contributed by atoms with Gasteiger partial charge in [-0.15, -0.1) is 0 Å². The first-order valence-electron chi connectivity index (χ1n) is 7.34. The predicted octanol–water partition coefficient (Wildman–Crippen LogP) is 3.58. The summed E-state index contributed by atoms with van der Waals surface area (Å²) in [7, 11) is 4.64. The van der Waals surface area contributed by atoms with Gasteiger partial charge in [-0.25, -0.2) is 0 Å². The molecule has 24 heavy (non-hydrogen) atoms. The van der Waals surface area contributed by atoms with Gasteiger partial charge in [0.2, 0.25) is 0 Å². The lowest BCUT2D eigenvalue weighted by atomic mass is 10.1. The van der Waals surface area contributed by atoms with Crippen LogP contribution in [0, 0.1) is 0 Å². The number of allylic oxidation sites excluding steroid dienone is 1. The maximum atomic E-state index is 12.6. The Kier molecular flexibility index (Phi) is 6.40. The minimum absolute atomic E-state index is 0.0512. The number of ketones is 1. The predicted molar refractivity (Wildman–Crippen MR) is 91.9 cm³/mol. The van der Waals surface area contributed by atoms with Gasteiger partial charge >= 0.3 is 0 Å². The number of hydrogen-bond acceptors (Lipinski definition) is 5. The van der Waals surface area contributed by atoms with E-state index in [1.54, 1.807) is 31.4 Å². The quantitative estimate of drug-likeness (QED) is 0.421. The van der Waals surface area contributed by atoms with Crippen molar-refractivity contribution in [2.24, 2.45) is 0 Å². The highest BCUT2D eigenvalue weighted by Crippen LogP contribution is 2.29. The molecular formula is C19H20O5. The zero-order valence-electron chi connectivity index (χ0n) is 13.9. The molecule has 0 N–H and O–H groups in total. The number of benzene rings is 2. The molecule has 0 saturated heterocycles. The topological polar surface area (TPSA) is 54.0 Å². The maximum absolute atomic E-state index is 12.6. The van der Waals surface area contributed by atoms with Crippen molar-refractivity contribution in [2.45, 2.75) is 0 Å². The van der Waals surface area contributed by atoms with E-state index < -0.39 is 0 Å². The van der Waals surface area contributed by atoms with Crippen molar-refractivity contribution in [3.05, 3.63) is 59.7 Å². The Morgan fingerprint density at radius 3 is 2.29 bits per heavy atom. The van der Waals surface area contributed by atoms with Crippen LogP contribution in [0.15, 0.2) is 48.5 Å². The summed E-state index contributed by atoms with van der Waals surface area (Å²) >= 11 is 0. The number of hydrogen-bond donors (Lipinski definition) is 0. The third-order valence-corrected chi connectivity index (χ3v) is 3.33. The summed E-state index contributed by atoms with van der Waals surface area (Å²) in [6.07, 6.45) is 3.22. The van der Waals surface area contributed by atoms with E-state index in [1.807, 2.05) is 24.3 Å². The Balaban J connectivity index is 2.25. The Morgan fingerprint density at radius 2 is 1.67 bits per heavy atom. The Bertz CT molecular complexity index is 704. The highest BCUT2D eigenvalue weighted by atomic mass is 16.7. The average molecular weight is 328 g/mol. The van der Waals surface area contributed by atoms with Gasteiger partial charge in [-0.1, -0.05) is 24.3 Å². The molecule has 2 aromatic rings. The van der Waals surface area contributed by atoms with Crippen molar-refractivity contribution < 1.29 is 23.7 Å². The normalized spacial score (nSPS) is 10.6. The van der Waals surface area contributed by atoms with Crippen LogP contribution >= 0.6 is 0 Å². The van der Waals surface area contributed by atoms with Gasteiger partial charge in [0, 0.05) is 7.11 Å². The van der Waals surface area contributed by atoms with Crippen molar-refractivity contribution in [3.63, 3.8) is 0 Å². The maximum Gasteiger partial charge on any atom is 0.193 e. The van der Waals surface area contributed by atoms with E-state index in [2.05, 4.69) is 0 Å². The van der Waals surface area contributed by atoms with E-state index in [0.717, 1.165) is 11.3 Å². The molecule has 5 nitrogen and oxygen atoms in total. The molecule has 2 aromatic carbocycles. The minimum atomic E-state index is -0.214. The summed E-state index contributed by atoms with van der Waals surface area (Å²) < 4.78 is 20.7. The highest BCUT2D eigenvalue weighted by Gasteiger charge is 2.16. The summed E-state index contributed by atoms with van der Waals surface area (Å²) in [6.45, 7) is 0.0512. The molecule has 0 aliphatic carbocycles. The minimum Gasteiger partial charge on any atom is -0.497 e. The first-order chi connectivity index (χ1) is 11.7. The lowest BCUT2D eigenvalue weighted by Gasteiger charge is -2.12. The van der Waals surface area contributed by atoms with Gasteiger partial charge in [0.05, 0.1) is 14.2 Å². The average Bonchev–Trinajstić information content (AvgIpc) is 2.64. The number of ether oxygens (including phenoxy) is 4. The number of methoxy groups -OCH3 is 3. The molecular weight excluding hydrogens is 308 g/mol. The molecule has 0 unspecified atom stereocenters. The summed E-state index contributed by atoms with van der Waals surface area (Å²) in [4.78, 5) is 12.6. The van der Waals surface area contributed by atoms with Crippen molar-refractivity contribution >= 4 is 11.9 Å². The Morgan fingerprint density at radius 1 is 0.958 bits per heavy atom. The van der Waals surface area contributed by atoms with E-state index in [-0.39, 0.29) is 12.6 Å². The van der Waals surface area contributed by atoms with Gasteiger partial charge in [-0.2, -0.15) is 0 Å². The molecule has 5 heteroatoms. The lowest BCUT2D eigenvalue weighted by molar-refractivity contribution is 0.0502. The van der Waals surface area contributed by atoms with Crippen LogP contribution in [0.5, 0.6) is 17.2 Å². The molecule has 0 saturated carbocycles. The van der Waals surface area contributed by atoms with Crippen LogP contribution in [0.25, 0.3) is 6.08 Å². The third kappa shape index (κ3) is 4.36. The fraction of sp³-hybridized carbons (Fsp3) is 0.211. The molecule has 0 atom stereocenters. The Labute approximate surface area is 141 Å². The first-order valence-corrected chi connectivity index (χ1v) is 7.34. The second-order valence-corrected chi connectivity index (χ2v) is 4.86. The molecule has 0 aromatic heterocycles. The van der Waals surface area contributed by atoms with Crippen LogP contribution in [-0.4, -0.2) is 33.9 Å². The van der Waals surface area contributed by atoms with Crippen molar-refractivity contribution in [1.82, 2.24) is 0 Å². The second-order valence-electron chi connectivity index (χ2n) is 4.86. The van der Waals surface area contributed by atoms with Crippen LogP contribution in [0.2, 0.25) is 0 Å². The first kappa shape index (κ1) is 17.6. The smallest absolute Gasteiger partial charge is 0.193 e. The van der Waals surface area contributed by atoms with Gasteiger partial charge in [0.1, 0.15) is 22.8 Å². The fourth-order valence-corrected chi connectivity index (χ4v) is 2.14. The van der Waals surface area contributed by atoms with E-state index in [0.29, 0.717) is 17.1 Å². The van der Waals surface area contributed by atoms with Crippen LogP contribution < -0.4 is 14.2 Å². The SMILES string of the molecule is COCOc1cccc(OC)c1C(=O)/C=C/c1ccc(OC)cc1. The van der Waals surface area contributed by atoms with Gasteiger partial charge in [0.25, 0.3) is 0 Å². The molecule has 0 heterocycles. The van der Waals surface area contributed by atoms with Crippen molar-refractivity contribution in [1.29, 1.82) is 0 Å². The molecule has 0 radical (unpaired) electrons. The van der Waals surface area contributed by atoms with Gasteiger partial charge in [0.15, 0.2) is 12.6 Å². The summed E-state index contributed by atoms with van der Waals surface area (Å²) in [5.74, 6) is 1.42. The number of carbonyl (C=O) groups excluding carboxylic acids is 1. The monoisotopic (exact) mass is 328 g/mol. The fourth-order valence-electron chi connectivity index (χ4n) is 2.14. The molecule has 0 spiro atoms. The zero-order chi connectivity index (χ0) is 17.4. The number of rotatable bonds is 8. The molecule has 0 bridgehead atoms. The Hall–Kier alpha value is -2.79. The van der Waals surface area contributed by atoms with E-state index >= 15 is 0 Å². The molecule has 2 rings (SSSR count). The second kappa shape index (κ2) is 8.74. The summed E-state index contributed by atoms with van der Waals surface area (Å²) in [5, 5.41) is 0. The molecule has 0 aliphatic heterocycles. The van der Waals surface area contributed by atoms with Gasteiger partial charge in [-0.05, 0) is 35.9 Å². The largest absolute Gasteiger partial charge is 0.497 e. The van der Waals surface area contributed by atoms with Crippen molar-refractivity contribution in [2.75, 3.05) is 28.1 Å². The van der Waals surface area contributed by atoms with E-state index in [4.69, 9.17) is 18.9 Å². The van der Waals surface area contributed by atoms with E-state index in [1.165, 1.54) is 20.3 Å². The van der Waals surface area contributed by atoms with Gasteiger partial charge < -0.3 is 18.9 Å². The van der Waals surface area contributed by atoms with Crippen LogP contribution in [0.1, 0.15) is 15.9 Å². The molecule has 0 aliphatic rings. The zero-order valence-corrected chi connectivity index (χ0v) is 13.9. The van der Waals surface area contributed by atoms with Gasteiger partial charge in [-0.3, -0.25) is 4.79 Å². The molecule has 126 valence electrons. The molecule has 0 amide bonds. The van der Waals surface area contributed by atoms with E-state index in [9.17, 15) is 4.79 Å². The molecule has 0 fully saturated rings. The van der Waals surface area contributed by atoms with Crippen molar-refractivity contribution in [3.8, 4) is 17.2 Å². The highest BCUT2D eigenvalue weighted by molar-refractivity contribution is 6.10. The van der Waals surface area contributed by atoms with Crippen LogP contribution in [-0.2, 0) is 4.74 Å². The third-order valence-electron chi connectivity index (χ3n) is 3.33. The lowest BCUT2D eigenvalue weighted by Crippen LogP contribution is -2.06. The standard InChI is InChI=1S/C19H20O5/c1-21-13-24-18-6-4-5-17(23-3)19(18)16(20)12-9-14-7-10-15(22-2)11-8-14/h4-12H,13H2,1-3H3/b12-9+. The summed E-state index contributed by atoms with van der Waals surface area (Å²) in [6, 6.07) is 12.6. The van der Waals surface area contributed by atoms with Crippen LogP contribution in [0.3, 0.4) is 0 Å².